The van der Waals surface area contributed by atoms with Gasteiger partial charge in [-0.1, -0.05) is 38.3 Å². The third-order valence-electron chi connectivity index (χ3n) is 3.47. The van der Waals surface area contributed by atoms with Crippen molar-refractivity contribution >= 4 is 0 Å². The van der Waals surface area contributed by atoms with Gasteiger partial charge >= 0.3 is 0 Å². The molecule has 0 heterocycles. The number of nitrogens with one attached hydrogen (secondary N) is 1. The van der Waals surface area contributed by atoms with Crippen molar-refractivity contribution in [3.05, 3.63) is 29.3 Å². The smallest absolute Gasteiger partial charge is 0.124 e. The Balaban J connectivity index is 2.35. The largest absolute Gasteiger partial charge is 0.496 e. The zero-order valence-corrected chi connectivity index (χ0v) is 13.3. The third kappa shape index (κ3) is 5.93. The quantitative estimate of drug-likeness (QED) is 0.680. The second-order valence-corrected chi connectivity index (χ2v) is 5.85. The van der Waals surface area contributed by atoms with Gasteiger partial charge in [-0.15, -0.1) is 0 Å². The highest BCUT2D eigenvalue weighted by Gasteiger charge is 2.12. The molecule has 0 radical (unpaired) electrons. The van der Waals surface area contributed by atoms with Crippen LogP contribution < -0.4 is 10.1 Å². The highest BCUT2D eigenvalue weighted by molar-refractivity contribution is 5.38. The Labute approximate surface area is 123 Å². The molecule has 114 valence electrons. The number of methoxy groups -OCH3 is 1. The summed E-state index contributed by atoms with van der Waals surface area (Å²) in [5, 5.41) is 13.6. The summed E-state index contributed by atoms with van der Waals surface area (Å²) >= 11 is 0. The van der Waals surface area contributed by atoms with Crippen molar-refractivity contribution in [3.8, 4) is 5.75 Å². The summed E-state index contributed by atoms with van der Waals surface area (Å²) in [6, 6.07) is 5.90. The van der Waals surface area contributed by atoms with Gasteiger partial charge in [0, 0.05) is 12.1 Å². The summed E-state index contributed by atoms with van der Waals surface area (Å²) in [4.78, 5) is 0. The highest BCUT2D eigenvalue weighted by atomic mass is 16.5. The molecule has 0 bridgehead atoms. The molecule has 3 nitrogen and oxygen atoms in total. The predicted octanol–water partition coefficient (Wildman–Crippen LogP) is 3.45. The van der Waals surface area contributed by atoms with Gasteiger partial charge < -0.3 is 15.2 Å². The van der Waals surface area contributed by atoms with Crippen LogP contribution in [-0.2, 0) is 0 Å². The molecule has 1 atom stereocenters. The van der Waals surface area contributed by atoms with Crippen molar-refractivity contribution < 1.29 is 9.84 Å². The summed E-state index contributed by atoms with van der Waals surface area (Å²) in [5.74, 6) is 1.53. The van der Waals surface area contributed by atoms with E-state index in [2.05, 4.69) is 19.2 Å². The van der Waals surface area contributed by atoms with E-state index in [1.165, 1.54) is 12.8 Å². The van der Waals surface area contributed by atoms with Crippen molar-refractivity contribution in [1.29, 1.82) is 0 Å². The van der Waals surface area contributed by atoms with Crippen LogP contribution in [0.1, 0.15) is 50.3 Å². The van der Waals surface area contributed by atoms with Crippen molar-refractivity contribution in [2.75, 3.05) is 20.2 Å². The summed E-state index contributed by atoms with van der Waals surface area (Å²) in [6.45, 7) is 8.05. The zero-order valence-electron chi connectivity index (χ0n) is 13.3. The lowest BCUT2D eigenvalue weighted by Gasteiger charge is -2.16. The van der Waals surface area contributed by atoms with Gasteiger partial charge in [0.05, 0.1) is 13.2 Å². The minimum atomic E-state index is -0.519. The van der Waals surface area contributed by atoms with E-state index in [0.717, 1.165) is 35.8 Å². The van der Waals surface area contributed by atoms with Gasteiger partial charge in [-0.2, -0.15) is 0 Å². The van der Waals surface area contributed by atoms with E-state index >= 15 is 0 Å². The molecule has 0 aliphatic carbocycles. The average molecular weight is 279 g/mol. The fourth-order valence-electron chi connectivity index (χ4n) is 2.27. The predicted molar refractivity (Wildman–Crippen MR) is 84.2 cm³/mol. The molecule has 20 heavy (non-hydrogen) atoms. The molecule has 1 aromatic rings. The third-order valence-corrected chi connectivity index (χ3v) is 3.47. The van der Waals surface area contributed by atoms with Crippen LogP contribution in [0.15, 0.2) is 18.2 Å². The van der Waals surface area contributed by atoms with Crippen LogP contribution in [0.25, 0.3) is 0 Å². The number of rotatable bonds is 9. The monoisotopic (exact) mass is 279 g/mol. The minimum absolute atomic E-state index is 0.519. The Morgan fingerprint density at radius 3 is 2.65 bits per heavy atom. The SMILES string of the molecule is COc1ccc(C)cc1C(O)CNCCCCC(C)C. The number of aliphatic hydroxyl groups excluding tert-OH is 1. The van der Waals surface area contributed by atoms with Crippen molar-refractivity contribution in [3.63, 3.8) is 0 Å². The Kier molecular flexibility index (Phi) is 7.63. The Bertz CT molecular complexity index is 391. The first-order chi connectivity index (χ1) is 9.54. The lowest BCUT2D eigenvalue weighted by molar-refractivity contribution is 0.170. The van der Waals surface area contributed by atoms with E-state index in [-0.39, 0.29) is 0 Å². The summed E-state index contributed by atoms with van der Waals surface area (Å²) in [5.41, 5.74) is 2.00. The van der Waals surface area contributed by atoms with Gasteiger partial charge in [0.25, 0.3) is 0 Å². The molecule has 1 unspecified atom stereocenters. The molecule has 0 aliphatic rings. The van der Waals surface area contributed by atoms with Crippen LogP contribution in [0.4, 0.5) is 0 Å². The minimum Gasteiger partial charge on any atom is -0.496 e. The van der Waals surface area contributed by atoms with Crippen molar-refractivity contribution in [2.45, 2.75) is 46.1 Å². The first-order valence-corrected chi connectivity index (χ1v) is 7.58. The fraction of sp³-hybridized carbons (Fsp3) is 0.647. The van der Waals surface area contributed by atoms with Crippen LogP contribution in [0, 0.1) is 12.8 Å². The van der Waals surface area contributed by atoms with Crippen LogP contribution in [0.5, 0.6) is 5.75 Å². The first-order valence-electron chi connectivity index (χ1n) is 7.58. The van der Waals surface area contributed by atoms with Gasteiger partial charge in [0.1, 0.15) is 5.75 Å². The van der Waals surface area contributed by atoms with Gasteiger partial charge in [-0.25, -0.2) is 0 Å². The standard InChI is InChI=1S/C17H29NO2/c1-13(2)7-5-6-10-18-12-16(19)15-11-14(3)8-9-17(15)20-4/h8-9,11,13,16,18-19H,5-7,10,12H2,1-4H3. The molecule has 0 saturated carbocycles. The highest BCUT2D eigenvalue weighted by Crippen LogP contribution is 2.25. The van der Waals surface area contributed by atoms with Crippen LogP contribution in [-0.4, -0.2) is 25.3 Å². The molecule has 0 amide bonds. The molecular formula is C17H29NO2. The second kappa shape index (κ2) is 8.98. The van der Waals surface area contributed by atoms with E-state index in [1.807, 2.05) is 25.1 Å². The zero-order chi connectivity index (χ0) is 15.0. The van der Waals surface area contributed by atoms with Crippen LogP contribution in [0.2, 0.25) is 0 Å². The van der Waals surface area contributed by atoms with E-state index in [4.69, 9.17) is 4.74 Å². The number of aliphatic hydroxyl groups is 1. The topological polar surface area (TPSA) is 41.5 Å². The van der Waals surface area contributed by atoms with E-state index in [1.54, 1.807) is 7.11 Å². The molecule has 0 aliphatic heterocycles. The molecule has 2 N–H and O–H groups in total. The Morgan fingerprint density at radius 2 is 2.00 bits per heavy atom. The maximum Gasteiger partial charge on any atom is 0.124 e. The Hall–Kier alpha value is -1.06. The Morgan fingerprint density at radius 1 is 1.25 bits per heavy atom. The normalized spacial score (nSPS) is 12.7. The lowest BCUT2D eigenvalue weighted by Crippen LogP contribution is -2.23. The summed E-state index contributed by atoms with van der Waals surface area (Å²) in [6.07, 6.45) is 3.16. The number of ether oxygens (including phenoxy) is 1. The maximum atomic E-state index is 10.3. The molecule has 1 rings (SSSR count). The van der Waals surface area contributed by atoms with Crippen molar-refractivity contribution in [1.82, 2.24) is 5.32 Å². The van der Waals surface area contributed by atoms with E-state index < -0.39 is 6.10 Å². The first kappa shape index (κ1) is 17.0. The van der Waals surface area contributed by atoms with Crippen molar-refractivity contribution in [2.24, 2.45) is 5.92 Å². The van der Waals surface area contributed by atoms with Gasteiger partial charge in [0.2, 0.25) is 0 Å². The molecule has 0 fully saturated rings. The molecular weight excluding hydrogens is 250 g/mol. The summed E-state index contributed by atoms with van der Waals surface area (Å²) < 4.78 is 5.30. The number of benzene rings is 1. The van der Waals surface area contributed by atoms with E-state index in [9.17, 15) is 5.11 Å². The number of aryl methyl sites for hydroxylation is 1. The van der Waals surface area contributed by atoms with Gasteiger partial charge in [-0.05, 0) is 37.9 Å². The van der Waals surface area contributed by atoms with E-state index in [0.29, 0.717) is 6.54 Å². The number of unbranched alkanes of at least 4 members (excludes halogenated alkanes) is 1. The molecule has 0 spiro atoms. The van der Waals surface area contributed by atoms with Gasteiger partial charge in [-0.3, -0.25) is 0 Å². The van der Waals surface area contributed by atoms with Crippen LogP contribution >= 0.6 is 0 Å². The van der Waals surface area contributed by atoms with Crippen LogP contribution in [0.3, 0.4) is 0 Å². The van der Waals surface area contributed by atoms with Gasteiger partial charge in [0.15, 0.2) is 0 Å². The molecule has 0 aromatic heterocycles. The maximum absolute atomic E-state index is 10.3. The lowest BCUT2D eigenvalue weighted by atomic mass is 10.0. The number of hydrogen-bond donors (Lipinski definition) is 2. The average Bonchev–Trinajstić information content (AvgIpc) is 2.42. The molecule has 1 aromatic carbocycles. The molecule has 0 saturated heterocycles. The number of hydrogen-bond acceptors (Lipinski definition) is 3. The second-order valence-electron chi connectivity index (χ2n) is 5.85. The fourth-order valence-corrected chi connectivity index (χ4v) is 2.27. The summed E-state index contributed by atoms with van der Waals surface area (Å²) in [7, 11) is 1.64. The molecule has 3 heteroatoms.